The standard InChI is InChI=1S/C22H24Cl2N8O/c1-11-21(32-7-5-22(6-8-32)10-33-9-14(22)25)27-20-18(26-11)17(28-29-20)12-3-4-13-15(16(12)23)19(24)31(2)30-13/h3-4,14H,5-10,25H2,1-2H3,(H,27,28,29)/t14-/m1/s1. The Labute approximate surface area is 200 Å². The number of aryl methyl sites for hydroxylation is 2. The van der Waals surface area contributed by atoms with Crippen molar-refractivity contribution in [3.63, 3.8) is 0 Å². The molecule has 0 radical (unpaired) electrons. The van der Waals surface area contributed by atoms with Crippen LogP contribution >= 0.6 is 23.2 Å². The molecular weight excluding hydrogens is 463 g/mol. The van der Waals surface area contributed by atoms with Gasteiger partial charge in [-0.15, -0.1) is 0 Å². The lowest BCUT2D eigenvalue weighted by atomic mass is 9.75. The van der Waals surface area contributed by atoms with Crippen LogP contribution in [-0.2, 0) is 11.8 Å². The van der Waals surface area contributed by atoms with Crippen LogP contribution in [0.25, 0.3) is 33.3 Å². The Balaban J connectivity index is 1.36. The normalized spacial score (nSPS) is 20.5. The van der Waals surface area contributed by atoms with Crippen molar-refractivity contribution in [3.05, 3.63) is 28.0 Å². The van der Waals surface area contributed by atoms with Gasteiger partial charge in [0.2, 0.25) is 5.65 Å². The summed E-state index contributed by atoms with van der Waals surface area (Å²) in [5.74, 6) is 0.861. The van der Waals surface area contributed by atoms with Crippen LogP contribution in [0.5, 0.6) is 0 Å². The molecule has 9 nitrogen and oxygen atoms in total. The number of nitrogens with two attached hydrogens (primary N) is 1. The molecule has 11 heteroatoms. The summed E-state index contributed by atoms with van der Waals surface area (Å²) < 4.78 is 7.26. The van der Waals surface area contributed by atoms with E-state index in [1.807, 2.05) is 19.1 Å². The zero-order valence-corrected chi connectivity index (χ0v) is 19.9. The highest BCUT2D eigenvalue weighted by atomic mass is 35.5. The third-order valence-corrected chi connectivity index (χ3v) is 8.03. The number of aromatic amines is 1. The van der Waals surface area contributed by atoms with Gasteiger partial charge in [0, 0.05) is 37.2 Å². The van der Waals surface area contributed by atoms with Crippen molar-refractivity contribution in [2.45, 2.75) is 25.8 Å². The number of fused-ring (bicyclic) bond motifs is 2. The average Bonchev–Trinajstić information content (AvgIpc) is 3.45. The number of nitrogens with one attached hydrogen (secondary N) is 1. The van der Waals surface area contributed by atoms with Gasteiger partial charge in [-0.05, 0) is 31.9 Å². The molecule has 1 atom stereocenters. The first kappa shape index (κ1) is 21.1. The molecular formula is C22H24Cl2N8O. The monoisotopic (exact) mass is 486 g/mol. The predicted molar refractivity (Wildman–Crippen MR) is 129 cm³/mol. The molecule has 2 saturated heterocycles. The maximum absolute atomic E-state index is 6.75. The van der Waals surface area contributed by atoms with Crippen LogP contribution in [0.1, 0.15) is 18.5 Å². The van der Waals surface area contributed by atoms with E-state index in [1.54, 1.807) is 11.7 Å². The Bertz CT molecular complexity index is 1390. The van der Waals surface area contributed by atoms with Crippen molar-refractivity contribution in [1.29, 1.82) is 0 Å². The van der Waals surface area contributed by atoms with E-state index in [0.717, 1.165) is 55.1 Å². The van der Waals surface area contributed by atoms with Crippen molar-refractivity contribution >= 4 is 51.1 Å². The summed E-state index contributed by atoms with van der Waals surface area (Å²) in [5, 5.41) is 13.6. The number of piperidine rings is 1. The summed E-state index contributed by atoms with van der Waals surface area (Å²) in [4.78, 5) is 12.0. The summed E-state index contributed by atoms with van der Waals surface area (Å²) in [6.45, 7) is 5.13. The smallest absolute Gasteiger partial charge is 0.202 e. The average molecular weight is 487 g/mol. The number of nitrogens with zero attached hydrogens (tertiary/aromatic N) is 6. The number of anilines is 1. The first-order valence-electron chi connectivity index (χ1n) is 11.0. The van der Waals surface area contributed by atoms with E-state index in [9.17, 15) is 0 Å². The molecule has 6 rings (SSSR count). The molecule has 4 aromatic rings. The zero-order valence-electron chi connectivity index (χ0n) is 18.4. The summed E-state index contributed by atoms with van der Waals surface area (Å²) in [5.41, 5.74) is 10.7. The molecule has 2 aliphatic rings. The number of benzene rings is 1. The lowest BCUT2D eigenvalue weighted by Crippen LogP contribution is -2.49. The molecule has 2 fully saturated rings. The van der Waals surface area contributed by atoms with Crippen LogP contribution in [0.3, 0.4) is 0 Å². The van der Waals surface area contributed by atoms with Gasteiger partial charge in [-0.1, -0.05) is 23.2 Å². The van der Waals surface area contributed by atoms with Gasteiger partial charge in [0.1, 0.15) is 10.7 Å². The Morgan fingerprint density at radius 3 is 2.73 bits per heavy atom. The summed E-state index contributed by atoms with van der Waals surface area (Å²) in [6, 6.07) is 3.91. The molecule has 172 valence electrons. The number of H-pyrrole nitrogens is 1. The maximum atomic E-state index is 6.75. The van der Waals surface area contributed by atoms with E-state index < -0.39 is 0 Å². The molecule has 0 saturated carbocycles. The minimum atomic E-state index is 0.0877. The minimum absolute atomic E-state index is 0.0877. The number of hydrogen-bond donors (Lipinski definition) is 2. The van der Waals surface area contributed by atoms with Gasteiger partial charge in [-0.25, -0.2) is 9.97 Å². The van der Waals surface area contributed by atoms with E-state index in [2.05, 4.69) is 20.2 Å². The quantitative estimate of drug-likeness (QED) is 0.446. The van der Waals surface area contributed by atoms with E-state index in [-0.39, 0.29) is 11.5 Å². The zero-order chi connectivity index (χ0) is 22.9. The maximum Gasteiger partial charge on any atom is 0.202 e. The second-order valence-electron chi connectivity index (χ2n) is 9.11. The first-order chi connectivity index (χ1) is 15.9. The van der Waals surface area contributed by atoms with Gasteiger partial charge in [-0.3, -0.25) is 9.78 Å². The molecule has 2 aliphatic heterocycles. The van der Waals surface area contributed by atoms with Gasteiger partial charge < -0.3 is 15.4 Å². The van der Waals surface area contributed by atoms with E-state index in [0.29, 0.717) is 39.0 Å². The van der Waals surface area contributed by atoms with Crippen LogP contribution in [0.4, 0.5) is 5.82 Å². The first-order valence-corrected chi connectivity index (χ1v) is 11.8. The topological polar surface area (TPSA) is 111 Å². The Morgan fingerprint density at radius 2 is 2.00 bits per heavy atom. The van der Waals surface area contributed by atoms with E-state index in [1.165, 1.54) is 0 Å². The van der Waals surface area contributed by atoms with E-state index in [4.69, 9.17) is 43.6 Å². The molecule has 0 bridgehead atoms. The van der Waals surface area contributed by atoms with Gasteiger partial charge in [0.15, 0.2) is 5.82 Å². The van der Waals surface area contributed by atoms with Gasteiger partial charge in [-0.2, -0.15) is 10.2 Å². The van der Waals surface area contributed by atoms with Gasteiger partial charge in [0.05, 0.1) is 40.5 Å². The highest BCUT2D eigenvalue weighted by Crippen LogP contribution is 2.41. The van der Waals surface area contributed by atoms with Crippen molar-refractivity contribution in [2.75, 3.05) is 31.2 Å². The molecule has 1 spiro atoms. The third kappa shape index (κ3) is 3.13. The second-order valence-corrected chi connectivity index (χ2v) is 9.85. The van der Waals surface area contributed by atoms with Crippen molar-refractivity contribution in [3.8, 4) is 11.3 Å². The molecule has 33 heavy (non-hydrogen) atoms. The number of hydrogen-bond acceptors (Lipinski definition) is 7. The largest absolute Gasteiger partial charge is 0.379 e. The Hall–Kier alpha value is -2.46. The molecule has 3 N–H and O–H groups in total. The summed E-state index contributed by atoms with van der Waals surface area (Å²) in [7, 11) is 1.79. The van der Waals surface area contributed by atoms with Crippen LogP contribution < -0.4 is 10.6 Å². The fraction of sp³-hybridized carbons (Fsp3) is 0.455. The van der Waals surface area contributed by atoms with Crippen LogP contribution in [-0.4, -0.2) is 62.3 Å². The van der Waals surface area contributed by atoms with Gasteiger partial charge in [0.25, 0.3) is 0 Å². The lowest BCUT2D eigenvalue weighted by molar-refractivity contribution is 0.131. The molecule has 0 aliphatic carbocycles. The van der Waals surface area contributed by atoms with Crippen LogP contribution in [0.2, 0.25) is 10.2 Å². The number of aromatic nitrogens is 6. The molecule has 1 aromatic carbocycles. The molecule has 3 aromatic heterocycles. The van der Waals surface area contributed by atoms with Crippen molar-refractivity contribution in [1.82, 2.24) is 29.9 Å². The highest BCUT2D eigenvalue weighted by Gasteiger charge is 2.44. The SMILES string of the molecule is Cc1nc2c(-c3ccc4nn(C)c(Cl)c4c3Cl)[nH]nc2nc1N1CCC2(CC1)COC[C@H]2N. The highest BCUT2D eigenvalue weighted by molar-refractivity contribution is 6.43. The molecule has 0 amide bonds. The third-order valence-electron chi connectivity index (χ3n) is 7.21. The van der Waals surface area contributed by atoms with Gasteiger partial charge >= 0.3 is 0 Å². The van der Waals surface area contributed by atoms with Crippen molar-refractivity contribution < 1.29 is 4.74 Å². The van der Waals surface area contributed by atoms with Crippen molar-refractivity contribution in [2.24, 2.45) is 18.2 Å². The van der Waals surface area contributed by atoms with E-state index >= 15 is 0 Å². The van der Waals surface area contributed by atoms with Crippen LogP contribution in [0, 0.1) is 12.3 Å². The number of ether oxygens (including phenoxy) is 1. The molecule has 0 unspecified atom stereocenters. The fourth-order valence-electron chi connectivity index (χ4n) is 5.15. The molecule has 5 heterocycles. The minimum Gasteiger partial charge on any atom is -0.379 e. The Morgan fingerprint density at radius 1 is 1.21 bits per heavy atom. The summed E-state index contributed by atoms with van der Waals surface area (Å²) in [6.07, 6.45) is 1.97. The summed E-state index contributed by atoms with van der Waals surface area (Å²) >= 11 is 13.2. The Kier molecular flexibility index (Phi) is 4.81. The number of halogens is 2. The lowest BCUT2D eigenvalue weighted by Gasteiger charge is -2.41. The number of rotatable bonds is 2. The second kappa shape index (κ2) is 7.53. The van der Waals surface area contributed by atoms with Crippen LogP contribution in [0.15, 0.2) is 12.1 Å². The predicted octanol–water partition coefficient (Wildman–Crippen LogP) is 3.47. The fourth-order valence-corrected chi connectivity index (χ4v) is 5.78.